The van der Waals surface area contributed by atoms with Crippen LogP contribution in [0, 0.1) is 5.92 Å². The zero-order chi connectivity index (χ0) is 15.1. The van der Waals surface area contributed by atoms with Gasteiger partial charge in [-0.2, -0.15) is 13.2 Å². The van der Waals surface area contributed by atoms with E-state index in [0.717, 1.165) is 13.5 Å². The SMILES string of the molecule is CCNC1S[C@H]2O[C@H]([C@H](C)C(F)(F)F)[C@@H](O)C[C@H]2N1C. The Labute approximate surface area is 121 Å². The summed E-state index contributed by atoms with van der Waals surface area (Å²) in [4.78, 5) is 2.02. The number of likely N-dealkylation sites (N-methyl/N-ethyl adjacent to an activating group) is 1. The number of alkyl halides is 3. The molecule has 0 aromatic carbocycles. The van der Waals surface area contributed by atoms with Crippen LogP contribution in [-0.4, -0.2) is 59.0 Å². The molecule has 2 heterocycles. The summed E-state index contributed by atoms with van der Waals surface area (Å²) in [7, 11) is 1.90. The minimum absolute atomic E-state index is 0.0159. The molecule has 0 aliphatic carbocycles. The number of hydrogen-bond donors (Lipinski definition) is 2. The van der Waals surface area contributed by atoms with Gasteiger partial charge in [0.1, 0.15) is 10.9 Å². The van der Waals surface area contributed by atoms with E-state index in [1.165, 1.54) is 11.8 Å². The fraction of sp³-hybridized carbons (Fsp3) is 1.00. The molecule has 8 heteroatoms. The molecule has 2 saturated heterocycles. The molecule has 0 radical (unpaired) electrons. The van der Waals surface area contributed by atoms with Crippen molar-refractivity contribution in [2.45, 2.75) is 55.6 Å². The van der Waals surface area contributed by atoms with Gasteiger partial charge in [-0.1, -0.05) is 25.6 Å². The maximum Gasteiger partial charge on any atom is 0.394 e. The Morgan fingerprint density at radius 3 is 2.70 bits per heavy atom. The minimum atomic E-state index is -4.35. The van der Waals surface area contributed by atoms with E-state index in [4.69, 9.17) is 4.74 Å². The molecule has 4 nitrogen and oxygen atoms in total. The first-order chi connectivity index (χ1) is 9.25. The van der Waals surface area contributed by atoms with Gasteiger partial charge in [0.2, 0.25) is 0 Å². The predicted molar refractivity (Wildman–Crippen MR) is 71.1 cm³/mol. The van der Waals surface area contributed by atoms with Crippen LogP contribution < -0.4 is 5.32 Å². The summed E-state index contributed by atoms with van der Waals surface area (Å²) in [5.74, 6) is -1.66. The van der Waals surface area contributed by atoms with Crippen molar-refractivity contribution < 1.29 is 23.0 Å². The van der Waals surface area contributed by atoms with Crippen molar-refractivity contribution in [1.29, 1.82) is 0 Å². The van der Waals surface area contributed by atoms with Crippen molar-refractivity contribution >= 4 is 11.8 Å². The summed E-state index contributed by atoms with van der Waals surface area (Å²) in [5.41, 5.74) is -0.315. The maximum atomic E-state index is 12.8. The lowest BCUT2D eigenvalue weighted by molar-refractivity contribution is -0.232. The monoisotopic (exact) mass is 314 g/mol. The third-order valence-corrected chi connectivity index (χ3v) is 5.46. The van der Waals surface area contributed by atoms with Crippen LogP contribution in [0.25, 0.3) is 0 Å². The van der Waals surface area contributed by atoms with Crippen LogP contribution in [0.2, 0.25) is 0 Å². The molecule has 2 aliphatic heterocycles. The Bertz CT molecular complexity index is 345. The Kier molecular flexibility index (Phi) is 4.91. The zero-order valence-electron chi connectivity index (χ0n) is 11.7. The van der Waals surface area contributed by atoms with Gasteiger partial charge in [-0.05, 0) is 20.0 Å². The third-order valence-electron chi connectivity index (χ3n) is 4.01. The molecule has 2 rings (SSSR count). The van der Waals surface area contributed by atoms with Gasteiger partial charge in [-0.25, -0.2) is 0 Å². The van der Waals surface area contributed by atoms with Gasteiger partial charge in [0, 0.05) is 6.04 Å². The van der Waals surface area contributed by atoms with Crippen molar-refractivity contribution in [2.24, 2.45) is 5.92 Å². The highest BCUT2D eigenvalue weighted by Gasteiger charge is 2.52. The van der Waals surface area contributed by atoms with Crippen molar-refractivity contribution in [3.05, 3.63) is 0 Å². The van der Waals surface area contributed by atoms with Crippen LogP contribution in [0.1, 0.15) is 20.3 Å². The van der Waals surface area contributed by atoms with Crippen molar-refractivity contribution in [3.8, 4) is 0 Å². The highest BCUT2D eigenvalue weighted by molar-refractivity contribution is 8.00. The third kappa shape index (κ3) is 3.09. The fourth-order valence-electron chi connectivity index (χ4n) is 2.71. The first-order valence-electron chi connectivity index (χ1n) is 6.76. The van der Waals surface area contributed by atoms with Crippen molar-refractivity contribution in [2.75, 3.05) is 13.6 Å². The molecule has 2 fully saturated rings. The van der Waals surface area contributed by atoms with E-state index in [1.807, 2.05) is 18.9 Å². The number of fused-ring (bicyclic) bond motifs is 1. The molecule has 1 unspecified atom stereocenters. The molecule has 0 bridgehead atoms. The lowest BCUT2D eigenvalue weighted by atomic mass is 9.92. The first kappa shape index (κ1) is 16.4. The zero-order valence-corrected chi connectivity index (χ0v) is 12.5. The fourth-order valence-corrected chi connectivity index (χ4v) is 4.25. The van der Waals surface area contributed by atoms with Crippen molar-refractivity contribution in [3.63, 3.8) is 0 Å². The smallest absolute Gasteiger partial charge is 0.390 e. The van der Waals surface area contributed by atoms with Crippen LogP contribution in [0.5, 0.6) is 0 Å². The van der Waals surface area contributed by atoms with Crippen LogP contribution in [-0.2, 0) is 4.74 Å². The van der Waals surface area contributed by atoms with E-state index < -0.39 is 24.3 Å². The number of nitrogens with zero attached hydrogens (tertiary/aromatic N) is 1. The largest absolute Gasteiger partial charge is 0.394 e. The normalized spacial score (nSPS) is 40.6. The number of aliphatic hydroxyl groups excluding tert-OH is 1. The quantitative estimate of drug-likeness (QED) is 0.828. The lowest BCUT2D eigenvalue weighted by Gasteiger charge is -2.40. The molecule has 20 heavy (non-hydrogen) atoms. The van der Waals surface area contributed by atoms with E-state index in [-0.39, 0.29) is 17.0 Å². The van der Waals surface area contributed by atoms with Crippen LogP contribution >= 0.6 is 11.8 Å². The molecule has 0 spiro atoms. The molecular formula is C12H21F3N2O2S. The summed E-state index contributed by atoms with van der Waals surface area (Å²) in [6, 6.07) is -0.0595. The van der Waals surface area contributed by atoms with E-state index in [2.05, 4.69) is 5.32 Å². The number of thioether (sulfide) groups is 1. The number of ether oxygens (including phenoxy) is 1. The lowest BCUT2D eigenvalue weighted by Crippen LogP contribution is -2.53. The van der Waals surface area contributed by atoms with E-state index >= 15 is 0 Å². The number of hydrogen-bond acceptors (Lipinski definition) is 5. The average molecular weight is 314 g/mol. The molecule has 2 N–H and O–H groups in total. The van der Waals surface area contributed by atoms with Crippen LogP contribution in [0.15, 0.2) is 0 Å². The summed E-state index contributed by atoms with van der Waals surface area (Å²) < 4.78 is 44.0. The molecule has 0 aromatic rings. The van der Waals surface area contributed by atoms with Gasteiger partial charge in [-0.15, -0.1) is 0 Å². The van der Waals surface area contributed by atoms with Gasteiger partial charge in [0.25, 0.3) is 0 Å². The summed E-state index contributed by atoms with van der Waals surface area (Å²) in [5, 5.41) is 13.2. The van der Waals surface area contributed by atoms with Gasteiger partial charge in [-0.3, -0.25) is 10.2 Å². The topological polar surface area (TPSA) is 44.7 Å². The number of aliphatic hydroxyl groups is 1. The summed E-state index contributed by atoms with van der Waals surface area (Å²) in [6.07, 6.45) is -6.32. The minimum Gasteiger partial charge on any atom is -0.390 e. The number of nitrogens with one attached hydrogen (secondary N) is 1. The first-order valence-corrected chi connectivity index (χ1v) is 7.71. The van der Waals surface area contributed by atoms with E-state index in [9.17, 15) is 18.3 Å². The van der Waals surface area contributed by atoms with Crippen LogP contribution in [0.3, 0.4) is 0 Å². The molecule has 0 aromatic heterocycles. The maximum absolute atomic E-state index is 12.8. The summed E-state index contributed by atoms with van der Waals surface area (Å²) >= 11 is 1.48. The number of rotatable bonds is 3. The Morgan fingerprint density at radius 1 is 1.50 bits per heavy atom. The van der Waals surface area contributed by atoms with E-state index in [0.29, 0.717) is 6.42 Å². The second-order valence-electron chi connectivity index (χ2n) is 5.38. The summed E-state index contributed by atoms with van der Waals surface area (Å²) in [6.45, 7) is 3.81. The number of halogens is 3. The van der Waals surface area contributed by atoms with E-state index in [1.54, 1.807) is 0 Å². The van der Waals surface area contributed by atoms with Gasteiger partial charge >= 0.3 is 6.18 Å². The van der Waals surface area contributed by atoms with Crippen molar-refractivity contribution in [1.82, 2.24) is 10.2 Å². The van der Waals surface area contributed by atoms with Crippen LogP contribution in [0.4, 0.5) is 13.2 Å². The Hall–Kier alpha value is -0.0200. The predicted octanol–water partition coefficient (Wildman–Crippen LogP) is 1.60. The second-order valence-corrected chi connectivity index (χ2v) is 6.56. The Balaban J connectivity index is 2.06. The molecular weight excluding hydrogens is 293 g/mol. The molecule has 0 saturated carbocycles. The molecule has 0 amide bonds. The molecule has 6 atom stereocenters. The Morgan fingerprint density at radius 2 is 2.15 bits per heavy atom. The van der Waals surface area contributed by atoms with Gasteiger partial charge < -0.3 is 9.84 Å². The van der Waals surface area contributed by atoms with Gasteiger partial charge in [0.05, 0.1) is 18.1 Å². The highest BCUT2D eigenvalue weighted by atomic mass is 32.2. The van der Waals surface area contributed by atoms with Gasteiger partial charge in [0.15, 0.2) is 0 Å². The average Bonchev–Trinajstić information content (AvgIpc) is 2.64. The second kappa shape index (κ2) is 6.00. The molecule has 2 aliphatic rings. The standard InChI is InChI=1S/C12H21F3N2O2S/c1-4-16-11-17(3)7-5-8(18)9(19-10(7)20-11)6(2)12(13,14)15/h6-11,16,18H,4-5H2,1-3H3/t6-,7+,8-,9+,10+,11?/m0/s1. The molecule has 118 valence electrons. The highest BCUT2D eigenvalue weighted by Crippen LogP contribution is 2.43.